The van der Waals surface area contributed by atoms with Gasteiger partial charge in [0.2, 0.25) is 0 Å². The van der Waals surface area contributed by atoms with Gasteiger partial charge in [0.25, 0.3) is 0 Å². The average molecular weight is 320 g/mol. The van der Waals surface area contributed by atoms with Gasteiger partial charge in [-0.25, -0.2) is 4.39 Å². The first-order chi connectivity index (χ1) is 11.0. The molecule has 1 aromatic carbocycles. The van der Waals surface area contributed by atoms with E-state index in [4.69, 9.17) is 5.73 Å². The third kappa shape index (κ3) is 4.99. The molecule has 23 heavy (non-hydrogen) atoms. The Morgan fingerprint density at radius 1 is 1.43 bits per heavy atom. The number of aliphatic carboxylic acids is 1. The van der Waals surface area contributed by atoms with Crippen LogP contribution in [-0.2, 0) is 11.2 Å². The van der Waals surface area contributed by atoms with Gasteiger partial charge < -0.3 is 15.9 Å². The summed E-state index contributed by atoms with van der Waals surface area (Å²) in [6.45, 7) is 0. The first-order valence-electron chi connectivity index (χ1n) is 7.47. The molecule has 0 spiro atoms. The predicted octanol–water partition coefficient (Wildman–Crippen LogP) is 1.19. The molecule has 0 heterocycles. The Balaban J connectivity index is 1.99. The largest absolute Gasteiger partial charge is 0.480 e. The number of aliphatic hydroxyl groups excluding tert-OH is 1. The van der Waals surface area contributed by atoms with Gasteiger partial charge in [-0.1, -0.05) is 36.4 Å². The van der Waals surface area contributed by atoms with Gasteiger partial charge in [0.15, 0.2) is 0 Å². The number of allylic oxidation sites excluding steroid dienone is 3. The first kappa shape index (κ1) is 17.3. The first-order valence-corrected chi connectivity index (χ1v) is 7.47. The Morgan fingerprint density at radius 3 is 2.83 bits per heavy atom. The number of carboxylic acid groups (broad SMARTS) is 1. The molecule has 4 atom stereocenters. The molecule has 124 valence electrons. The lowest BCUT2D eigenvalue weighted by atomic mass is 9.92. The standard InChI is InChI=1S/C17H21FN2O3/c18-13-8-4-5-11(9-13)10-14(17(22)23)20-16(21)15(19)12-6-2-1-3-7-12/h1-6,8-9,12,14-16,20-21H,7,10,19H2,(H,22,23)/t12?,14-,15+,16?/m1/s1. The number of carbonyl (C=O) groups is 1. The second-order valence-electron chi connectivity index (χ2n) is 5.63. The fourth-order valence-electron chi connectivity index (χ4n) is 2.55. The molecule has 5 nitrogen and oxygen atoms in total. The van der Waals surface area contributed by atoms with Crippen molar-refractivity contribution in [2.24, 2.45) is 11.7 Å². The van der Waals surface area contributed by atoms with Crippen LogP contribution in [0.3, 0.4) is 0 Å². The van der Waals surface area contributed by atoms with E-state index in [1.165, 1.54) is 18.2 Å². The van der Waals surface area contributed by atoms with E-state index in [-0.39, 0.29) is 12.3 Å². The molecule has 0 fully saturated rings. The highest BCUT2D eigenvalue weighted by molar-refractivity contribution is 5.74. The molecule has 0 amide bonds. The van der Waals surface area contributed by atoms with E-state index in [1.54, 1.807) is 6.07 Å². The molecular formula is C17H21FN2O3. The van der Waals surface area contributed by atoms with Crippen molar-refractivity contribution in [2.45, 2.75) is 31.2 Å². The quantitative estimate of drug-likeness (QED) is 0.566. The molecule has 0 bridgehead atoms. The van der Waals surface area contributed by atoms with E-state index in [0.717, 1.165) is 0 Å². The maximum atomic E-state index is 13.2. The van der Waals surface area contributed by atoms with Crippen LogP contribution in [0.1, 0.15) is 12.0 Å². The molecule has 2 rings (SSSR count). The third-order valence-corrected chi connectivity index (χ3v) is 3.87. The van der Waals surface area contributed by atoms with Crippen molar-refractivity contribution >= 4 is 5.97 Å². The van der Waals surface area contributed by atoms with E-state index >= 15 is 0 Å². The van der Waals surface area contributed by atoms with Gasteiger partial charge in [-0.05, 0) is 36.5 Å². The molecule has 0 aromatic heterocycles. The minimum Gasteiger partial charge on any atom is -0.480 e. The minimum atomic E-state index is -1.18. The lowest BCUT2D eigenvalue weighted by Gasteiger charge is -2.29. The van der Waals surface area contributed by atoms with Crippen LogP contribution < -0.4 is 11.1 Å². The lowest BCUT2D eigenvalue weighted by molar-refractivity contribution is -0.140. The van der Waals surface area contributed by atoms with Gasteiger partial charge in [0, 0.05) is 0 Å². The molecule has 6 heteroatoms. The average Bonchev–Trinajstić information content (AvgIpc) is 2.54. The molecule has 5 N–H and O–H groups in total. The number of nitrogens with one attached hydrogen (secondary N) is 1. The van der Waals surface area contributed by atoms with Crippen molar-refractivity contribution < 1.29 is 19.4 Å². The van der Waals surface area contributed by atoms with Crippen LogP contribution in [0.15, 0.2) is 48.6 Å². The van der Waals surface area contributed by atoms with Crippen LogP contribution in [-0.4, -0.2) is 34.5 Å². The molecule has 0 saturated carbocycles. The van der Waals surface area contributed by atoms with E-state index in [2.05, 4.69) is 5.32 Å². The summed E-state index contributed by atoms with van der Waals surface area (Å²) in [5, 5.41) is 22.1. The van der Waals surface area contributed by atoms with E-state index in [9.17, 15) is 19.4 Å². The zero-order valence-corrected chi connectivity index (χ0v) is 12.6. The Hall–Kier alpha value is -2.02. The number of carboxylic acids is 1. The summed E-state index contributed by atoms with van der Waals surface area (Å²) in [7, 11) is 0. The fourth-order valence-corrected chi connectivity index (χ4v) is 2.55. The summed E-state index contributed by atoms with van der Waals surface area (Å²) < 4.78 is 13.2. The highest BCUT2D eigenvalue weighted by Gasteiger charge is 2.28. The van der Waals surface area contributed by atoms with E-state index in [0.29, 0.717) is 12.0 Å². The Kier molecular flexibility index (Phi) is 6.04. The summed E-state index contributed by atoms with van der Waals surface area (Å²) in [4.78, 5) is 11.4. The maximum absolute atomic E-state index is 13.2. The number of hydrogen-bond donors (Lipinski definition) is 4. The summed E-state index contributed by atoms with van der Waals surface area (Å²) >= 11 is 0. The number of nitrogens with two attached hydrogens (primary N) is 1. The highest BCUT2D eigenvalue weighted by atomic mass is 19.1. The van der Waals surface area contributed by atoms with Crippen LogP contribution >= 0.6 is 0 Å². The van der Waals surface area contributed by atoms with Gasteiger partial charge in [0.05, 0.1) is 6.04 Å². The summed E-state index contributed by atoms with van der Waals surface area (Å²) in [5.74, 6) is -1.62. The molecule has 0 saturated heterocycles. The van der Waals surface area contributed by atoms with Crippen LogP contribution in [0.5, 0.6) is 0 Å². The van der Waals surface area contributed by atoms with Gasteiger partial charge in [-0.15, -0.1) is 0 Å². The molecule has 0 radical (unpaired) electrons. The second-order valence-corrected chi connectivity index (χ2v) is 5.63. The Labute approximate surface area is 134 Å². The van der Waals surface area contributed by atoms with Crippen molar-refractivity contribution in [3.63, 3.8) is 0 Å². The summed E-state index contributed by atoms with van der Waals surface area (Å²) in [6, 6.07) is 4.04. The number of aliphatic hydroxyl groups is 1. The van der Waals surface area contributed by atoms with Crippen LogP contribution in [0, 0.1) is 11.7 Å². The summed E-state index contributed by atoms with van der Waals surface area (Å²) in [5.41, 5.74) is 6.54. The maximum Gasteiger partial charge on any atom is 0.321 e. The molecule has 1 aliphatic carbocycles. The fraction of sp³-hybridized carbons (Fsp3) is 0.353. The molecule has 1 aliphatic rings. The number of rotatable bonds is 7. The van der Waals surface area contributed by atoms with Crippen molar-refractivity contribution in [1.29, 1.82) is 0 Å². The van der Waals surface area contributed by atoms with Crippen LogP contribution in [0.2, 0.25) is 0 Å². The zero-order chi connectivity index (χ0) is 16.8. The van der Waals surface area contributed by atoms with Gasteiger partial charge >= 0.3 is 5.97 Å². The predicted molar refractivity (Wildman–Crippen MR) is 85.0 cm³/mol. The minimum absolute atomic E-state index is 0.0529. The molecule has 2 unspecified atom stereocenters. The number of halogens is 1. The molecule has 0 aliphatic heterocycles. The smallest absolute Gasteiger partial charge is 0.321 e. The molecule has 1 aromatic rings. The van der Waals surface area contributed by atoms with Crippen molar-refractivity contribution in [3.8, 4) is 0 Å². The Bertz CT molecular complexity index is 603. The topological polar surface area (TPSA) is 95.6 Å². The van der Waals surface area contributed by atoms with Gasteiger partial charge in [-0.3, -0.25) is 10.1 Å². The molecular weight excluding hydrogens is 299 g/mol. The highest BCUT2D eigenvalue weighted by Crippen LogP contribution is 2.17. The van der Waals surface area contributed by atoms with Crippen molar-refractivity contribution in [3.05, 3.63) is 60.0 Å². The zero-order valence-electron chi connectivity index (χ0n) is 12.6. The number of benzene rings is 1. The van der Waals surface area contributed by atoms with Crippen molar-refractivity contribution in [2.75, 3.05) is 0 Å². The van der Waals surface area contributed by atoms with Gasteiger partial charge in [0.1, 0.15) is 18.1 Å². The van der Waals surface area contributed by atoms with E-state index in [1.807, 2.05) is 24.3 Å². The number of hydrogen-bond acceptors (Lipinski definition) is 4. The van der Waals surface area contributed by atoms with Crippen LogP contribution in [0.4, 0.5) is 4.39 Å². The normalized spacial score (nSPS) is 20.9. The Morgan fingerprint density at radius 2 is 2.22 bits per heavy atom. The lowest BCUT2D eigenvalue weighted by Crippen LogP contribution is -2.54. The monoisotopic (exact) mass is 320 g/mol. The SMILES string of the molecule is N[C@@H](C1C=CC=CC1)C(O)N[C@H](Cc1cccc(F)c1)C(=O)O. The van der Waals surface area contributed by atoms with Crippen LogP contribution in [0.25, 0.3) is 0 Å². The van der Waals surface area contributed by atoms with Gasteiger partial charge in [-0.2, -0.15) is 0 Å². The second kappa shape index (κ2) is 8.01. The summed E-state index contributed by atoms with van der Waals surface area (Å²) in [6.07, 6.45) is 7.15. The van der Waals surface area contributed by atoms with Crippen molar-refractivity contribution in [1.82, 2.24) is 5.32 Å². The van der Waals surface area contributed by atoms with E-state index < -0.39 is 30.1 Å². The third-order valence-electron chi connectivity index (χ3n) is 3.87.